The number of rotatable bonds is 8. The Kier molecular flexibility index (Phi) is 6.06. The normalized spacial score (nSPS) is 32.6. The zero-order chi connectivity index (χ0) is 11.9. The fraction of sp³-hybridized carbons (Fsp3) is 1.00. The number of ether oxygens (including phenoxy) is 3. The lowest BCUT2D eigenvalue weighted by molar-refractivity contribution is -0.162. The Morgan fingerprint density at radius 2 is 2.06 bits per heavy atom. The van der Waals surface area contributed by atoms with Gasteiger partial charge in [0.15, 0.2) is 6.29 Å². The standard InChI is InChI=1S/C13H23ClO3/c14-10-12-11(17-12)6-2-1-4-8-15-13-7-3-5-9-16-13/h11-13H,1-10H2/t11-,12-,13?/m1/s1. The molecule has 0 bridgehead atoms. The van der Waals surface area contributed by atoms with Gasteiger partial charge < -0.3 is 14.2 Å². The maximum atomic E-state index is 5.68. The Labute approximate surface area is 109 Å². The van der Waals surface area contributed by atoms with Gasteiger partial charge in [0.1, 0.15) is 0 Å². The molecular formula is C13H23ClO3. The van der Waals surface area contributed by atoms with E-state index in [-0.39, 0.29) is 6.29 Å². The number of hydrogen-bond acceptors (Lipinski definition) is 3. The van der Waals surface area contributed by atoms with E-state index in [1.165, 1.54) is 25.7 Å². The molecule has 17 heavy (non-hydrogen) atoms. The van der Waals surface area contributed by atoms with Crippen LogP contribution in [0.3, 0.4) is 0 Å². The van der Waals surface area contributed by atoms with Crippen LogP contribution in [0.4, 0.5) is 0 Å². The van der Waals surface area contributed by atoms with Crippen LogP contribution in [-0.4, -0.2) is 37.6 Å². The first-order valence-electron chi connectivity index (χ1n) is 6.85. The van der Waals surface area contributed by atoms with Crippen molar-refractivity contribution < 1.29 is 14.2 Å². The summed E-state index contributed by atoms with van der Waals surface area (Å²) in [5.74, 6) is 0.646. The van der Waals surface area contributed by atoms with Gasteiger partial charge >= 0.3 is 0 Å². The summed E-state index contributed by atoms with van der Waals surface area (Å²) in [4.78, 5) is 0. The van der Waals surface area contributed by atoms with Gasteiger partial charge in [-0.25, -0.2) is 0 Å². The minimum Gasteiger partial charge on any atom is -0.368 e. The number of unbranched alkanes of at least 4 members (excludes halogenated alkanes) is 2. The fourth-order valence-corrected chi connectivity index (χ4v) is 2.52. The van der Waals surface area contributed by atoms with Crippen LogP contribution in [0.15, 0.2) is 0 Å². The number of epoxide rings is 1. The molecule has 0 radical (unpaired) electrons. The van der Waals surface area contributed by atoms with Crippen LogP contribution in [0.5, 0.6) is 0 Å². The zero-order valence-electron chi connectivity index (χ0n) is 10.4. The van der Waals surface area contributed by atoms with Crippen molar-refractivity contribution in [1.29, 1.82) is 0 Å². The first-order chi connectivity index (χ1) is 8.40. The Morgan fingerprint density at radius 1 is 1.12 bits per heavy atom. The molecule has 2 rings (SSSR count). The van der Waals surface area contributed by atoms with E-state index in [1.807, 2.05) is 0 Å². The number of alkyl halides is 1. The molecule has 0 aromatic carbocycles. The number of hydrogen-bond donors (Lipinski definition) is 0. The smallest absolute Gasteiger partial charge is 0.157 e. The van der Waals surface area contributed by atoms with Crippen molar-refractivity contribution in [3.05, 3.63) is 0 Å². The van der Waals surface area contributed by atoms with Gasteiger partial charge in [-0.3, -0.25) is 0 Å². The molecule has 1 unspecified atom stereocenters. The summed E-state index contributed by atoms with van der Waals surface area (Å²) < 4.78 is 16.6. The molecule has 2 aliphatic heterocycles. The fourth-order valence-electron chi connectivity index (χ4n) is 2.25. The van der Waals surface area contributed by atoms with E-state index in [0.29, 0.717) is 18.1 Å². The van der Waals surface area contributed by atoms with Crippen LogP contribution < -0.4 is 0 Å². The topological polar surface area (TPSA) is 31.0 Å². The van der Waals surface area contributed by atoms with Crippen LogP contribution in [0, 0.1) is 0 Å². The van der Waals surface area contributed by atoms with Gasteiger partial charge in [-0.1, -0.05) is 12.8 Å². The summed E-state index contributed by atoms with van der Waals surface area (Å²) in [6.07, 6.45) is 9.03. The van der Waals surface area contributed by atoms with E-state index >= 15 is 0 Å². The predicted molar refractivity (Wildman–Crippen MR) is 67.4 cm³/mol. The van der Waals surface area contributed by atoms with E-state index in [4.69, 9.17) is 25.8 Å². The summed E-state index contributed by atoms with van der Waals surface area (Å²) >= 11 is 5.68. The molecule has 0 saturated carbocycles. The highest BCUT2D eigenvalue weighted by molar-refractivity contribution is 6.18. The molecule has 4 heteroatoms. The third-order valence-corrected chi connectivity index (χ3v) is 3.72. The van der Waals surface area contributed by atoms with Gasteiger partial charge in [0.2, 0.25) is 0 Å². The first-order valence-corrected chi connectivity index (χ1v) is 7.38. The lowest BCUT2D eigenvalue weighted by Gasteiger charge is -2.22. The third kappa shape index (κ3) is 5.12. The molecule has 0 aromatic heterocycles. The summed E-state index contributed by atoms with van der Waals surface area (Å²) in [5, 5.41) is 0. The quantitative estimate of drug-likeness (QED) is 0.383. The average molecular weight is 263 g/mol. The predicted octanol–water partition coefficient (Wildman–Crippen LogP) is 3.10. The molecular weight excluding hydrogens is 240 g/mol. The minimum absolute atomic E-state index is 0.0659. The highest BCUT2D eigenvalue weighted by Gasteiger charge is 2.36. The molecule has 0 aliphatic carbocycles. The van der Waals surface area contributed by atoms with Crippen LogP contribution in [-0.2, 0) is 14.2 Å². The lowest BCUT2D eigenvalue weighted by atomic mass is 10.1. The Balaban J connectivity index is 1.36. The van der Waals surface area contributed by atoms with Gasteiger partial charge in [0.05, 0.1) is 18.1 Å². The second-order valence-corrected chi connectivity index (χ2v) is 5.19. The minimum atomic E-state index is 0.0659. The van der Waals surface area contributed by atoms with Crippen molar-refractivity contribution >= 4 is 11.6 Å². The van der Waals surface area contributed by atoms with Gasteiger partial charge in [0.25, 0.3) is 0 Å². The van der Waals surface area contributed by atoms with Crippen molar-refractivity contribution in [3.63, 3.8) is 0 Å². The van der Waals surface area contributed by atoms with Crippen molar-refractivity contribution in [1.82, 2.24) is 0 Å². The SMILES string of the molecule is ClC[C@H]1O[C@@H]1CCCCCOC1CCCCO1. The molecule has 2 heterocycles. The first kappa shape index (κ1) is 13.6. The van der Waals surface area contributed by atoms with Crippen LogP contribution in [0.1, 0.15) is 44.9 Å². The van der Waals surface area contributed by atoms with Crippen molar-refractivity contribution in [3.8, 4) is 0 Å². The molecule has 2 aliphatic rings. The van der Waals surface area contributed by atoms with Crippen LogP contribution in [0.25, 0.3) is 0 Å². The van der Waals surface area contributed by atoms with E-state index in [9.17, 15) is 0 Å². The lowest BCUT2D eigenvalue weighted by Crippen LogP contribution is -2.22. The molecule has 0 aromatic rings. The third-order valence-electron chi connectivity index (χ3n) is 3.41. The Hall–Kier alpha value is 0.170. The molecule has 100 valence electrons. The molecule has 3 atom stereocenters. The highest BCUT2D eigenvalue weighted by atomic mass is 35.5. The second-order valence-electron chi connectivity index (χ2n) is 4.88. The second kappa shape index (κ2) is 7.57. The molecule has 0 N–H and O–H groups in total. The van der Waals surface area contributed by atoms with Crippen molar-refractivity contribution in [2.24, 2.45) is 0 Å². The van der Waals surface area contributed by atoms with Gasteiger partial charge in [-0.15, -0.1) is 11.6 Å². The average Bonchev–Trinajstić information content (AvgIpc) is 3.13. The summed E-state index contributed by atoms with van der Waals surface area (Å²) in [6.45, 7) is 1.69. The largest absolute Gasteiger partial charge is 0.368 e. The summed E-state index contributed by atoms with van der Waals surface area (Å²) in [6, 6.07) is 0. The molecule has 0 amide bonds. The van der Waals surface area contributed by atoms with E-state index in [0.717, 1.165) is 32.5 Å². The van der Waals surface area contributed by atoms with Crippen molar-refractivity contribution in [2.45, 2.75) is 63.4 Å². The monoisotopic (exact) mass is 262 g/mol. The van der Waals surface area contributed by atoms with Gasteiger partial charge in [0, 0.05) is 13.2 Å². The Bertz CT molecular complexity index is 207. The summed E-state index contributed by atoms with van der Waals surface area (Å²) in [5.41, 5.74) is 0. The van der Waals surface area contributed by atoms with Crippen LogP contribution in [0.2, 0.25) is 0 Å². The molecule has 2 fully saturated rings. The number of halogens is 1. The van der Waals surface area contributed by atoms with E-state index < -0.39 is 0 Å². The van der Waals surface area contributed by atoms with E-state index in [1.54, 1.807) is 0 Å². The maximum absolute atomic E-state index is 5.68. The summed E-state index contributed by atoms with van der Waals surface area (Å²) in [7, 11) is 0. The molecule has 0 spiro atoms. The maximum Gasteiger partial charge on any atom is 0.157 e. The molecule has 2 saturated heterocycles. The van der Waals surface area contributed by atoms with E-state index in [2.05, 4.69) is 0 Å². The Morgan fingerprint density at radius 3 is 2.76 bits per heavy atom. The highest BCUT2D eigenvalue weighted by Crippen LogP contribution is 2.28. The zero-order valence-corrected chi connectivity index (χ0v) is 11.2. The van der Waals surface area contributed by atoms with Gasteiger partial charge in [-0.2, -0.15) is 0 Å². The van der Waals surface area contributed by atoms with Crippen molar-refractivity contribution in [2.75, 3.05) is 19.1 Å². The molecule has 3 nitrogen and oxygen atoms in total. The van der Waals surface area contributed by atoms with Gasteiger partial charge in [-0.05, 0) is 32.1 Å². The van der Waals surface area contributed by atoms with Crippen LogP contribution >= 0.6 is 11.6 Å².